The second-order valence-corrected chi connectivity index (χ2v) is 4.78. The molecule has 0 aliphatic rings. The third-order valence-electron chi connectivity index (χ3n) is 2.28. The molecule has 1 amide bonds. The van der Waals surface area contributed by atoms with E-state index < -0.39 is 5.91 Å². The van der Waals surface area contributed by atoms with Gasteiger partial charge in [-0.15, -0.1) is 0 Å². The standard InChI is InChI=1S/C12H13N3O2S/c1-7(2)11-14-12(18-15-11)17-9-5-3-8(4-6-9)10(13)16/h3-7H,1-2H3,(H2,13,16). The summed E-state index contributed by atoms with van der Waals surface area (Å²) in [5.41, 5.74) is 5.60. The Kier molecular flexibility index (Phi) is 3.57. The normalized spacial score (nSPS) is 10.6. The van der Waals surface area contributed by atoms with Crippen molar-refractivity contribution in [3.05, 3.63) is 35.7 Å². The summed E-state index contributed by atoms with van der Waals surface area (Å²) in [5.74, 6) is 1.19. The van der Waals surface area contributed by atoms with E-state index in [1.54, 1.807) is 24.3 Å². The maximum atomic E-state index is 10.9. The molecule has 5 nitrogen and oxygen atoms in total. The molecule has 2 N–H and O–H groups in total. The number of ether oxygens (including phenoxy) is 1. The zero-order chi connectivity index (χ0) is 13.1. The fraction of sp³-hybridized carbons (Fsp3) is 0.250. The molecule has 0 unspecified atom stereocenters. The van der Waals surface area contributed by atoms with Gasteiger partial charge in [0.15, 0.2) is 0 Å². The Morgan fingerprint density at radius 3 is 2.50 bits per heavy atom. The van der Waals surface area contributed by atoms with Crippen molar-refractivity contribution in [1.29, 1.82) is 0 Å². The number of amides is 1. The predicted octanol–water partition coefficient (Wildman–Crippen LogP) is 2.55. The maximum Gasteiger partial charge on any atom is 0.298 e. The second kappa shape index (κ2) is 5.14. The highest BCUT2D eigenvalue weighted by atomic mass is 32.1. The number of carbonyl (C=O) groups is 1. The van der Waals surface area contributed by atoms with Crippen molar-refractivity contribution in [3.8, 4) is 10.9 Å². The van der Waals surface area contributed by atoms with E-state index in [0.717, 1.165) is 5.82 Å². The van der Waals surface area contributed by atoms with E-state index in [0.29, 0.717) is 16.5 Å². The third kappa shape index (κ3) is 2.84. The lowest BCUT2D eigenvalue weighted by molar-refractivity contribution is 0.100. The van der Waals surface area contributed by atoms with Crippen LogP contribution in [-0.4, -0.2) is 15.3 Å². The Morgan fingerprint density at radius 1 is 1.33 bits per heavy atom. The fourth-order valence-electron chi connectivity index (χ4n) is 1.28. The zero-order valence-electron chi connectivity index (χ0n) is 10.1. The number of hydrogen-bond donors (Lipinski definition) is 1. The van der Waals surface area contributed by atoms with Crippen molar-refractivity contribution in [2.24, 2.45) is 5.73 Å². The predicted molar refractivity (Wildman–Crippen MR) is 69.0 cm³/mol. The Hall–Kier alpha value is -1.95. The van der Waals surface area contributed by atoms with E-state index in [2.05, 4.69) is 9.36 Å². The van der Waals surface area contributed by atoms with E-state index >= 15 is 0 Å². The SMILES string of the molecule is CC(C)c1nsc(Oc2ccc(C(N)=O)cc2)n1. The van der Waals surface area contributed by atoms with Crippen LogP contribution in [-0.2, 0) is 0 Å². The number of hydrogen-bond acceptors (Lipinski definition) is 5. The van der Waals surface area contributed by atoms with Crippen molar-refractivity contribution < 1.29 is 9.53 Å². The largest absolute Gasteiger partial charge is 0.430 e. The lowest BCUT2D eigenvalue weighted by Gasteiger charge is -2.01. The minimum Gasteiger partial charge on any atom is -0.430 e. The summed E-state index contributed by atoms with van der Waals surface area (Å²) < 4.78 is 9.73. The van der Waals surface area contributed by atoms with Crippen molar-refractivity contribution in [3.63, 3.8) is 0 Å². The molecule has 6 heteroatoms. The highest BCUT2D eigenvalue weighted by molar-refractivity contribution is 7.07. The molecule has 2 aromatic rings. The third-order valence-corrected chi connectivity index (χ3v) is 2.89. The van der Waals surface area contributed by atoms with Crippen molar-refractivity contribution in [1.82, 2.24) is 9.36 Å². The fourth-order valence-corrected chi connectivity index (χ4v) is 1.98. The molecular weight excluding hydrogens is 250 g/mol. The summed E-state index contributed by atoms with van der Waals surface area (Å²) in [6.45, 7) is 4.04. The van der Waals surface area contributed by atoms with Crippen LogP contribution in [0.15, 0.2) is 24.3 Å². The molecule has 2 rings (SSSR count). The first kappa shape index (κ1) is 12.5. The molecule has 1 heterocycles. The average molecular weight is 263 g/mol. The molecule has 0 fully saturated rings. The van der Waals surface area contributed by atoms with Crippen LogP contribution in [0.25, 0.3) is 0 Å². The van der Waals surface area contributed by atoms with Crippen molar-refractivity contribution in [2.45, 2.75) is 19.8 Å². The molecule has 18 heavy (non-hydrogen) atoms. The van der Waals surface area contributed by atoms with Gasteiger partial charge in [0, 0.05) is 23.0 Å². The Balaban J connectivity index is 2.10. The van der Waals surface area contributed by atoms with Gasteiger partial charge in [0.25, 0.3) is 5.19 Å². The minimum atomic E-state index is -0.459. The van der Waals surface area contributed by atoms with E-state index in [-0.39, 0.29) is 5.92 Å². The summed E-state index contributed by atoms with van der Waals surface area (Å²) in [7, 11) is 0. The molecule has 0 radical (unpaired) electrons. The van der Waals surface area contributed by atoms with Gasteiger partial charge < -0.3 is 10.5 Å². The summed E-state index contributed by atoms with van der Waals surface area (Å²) in [5, 5.41) is 0.491. The lowest BCUT2D eigenvalue weighted by Crippen LogP contribution is -2.10. The van der Waals surface area contributed by atoms with Crippen molar-refractivity contribution >= 4 is 17.4 Å². The Bertz CT molecular complexity index is 549. The van der Waals surface area contributed by atoms with Gasteiger partial charge in [-0.1, -0.05) is 13.8 Å². The van der Waals surface area contributed by atoms with E-state index in [4.69, 9.17) is 10.5 Å². The number of aromatic nitrogens is 2. The Morgan fingerprint density at radius 2 is 2.00 bits per heavy atom. The van der Waals surface area contributed by atoms with E-state index in [9.17, 15) is 4.79 Å². The summed E-state index contributed by atoms with van der Waals surface area (Å²) in [6, 6.07) is 6.58. The van der Waals surface area contributed by atoms with Gasteiger partial charge in [0.05, 0.1) is 0 Å². The summed E-state index contributed by atoms with van der Waals surface area (Å²) in [6.07, 6.45) is 0. The lowest BCUT2D eigenvalue weighted by atomic mass is 10.2. The average Bonchev–Trinajstić information content (AvgIpc) is 2.78. The van der Waals surface area contributed by atoms with E-state index in [1.165, 1.54) is 11.5 Å². The maximum absolute atomic E-state index is 10.9. The summed E-state index contributed by atoms with van der Waals surface area (Å²) in [4.78, 5) is 15.2. The summed E-state index contributed by atoms with van der Waals surface area (Å²) >= 11 is 1.21. The van der Waals surface area contributed by atoms with Crippen LogP contribution in [0.1, 0.15) is 35.9 Å². The van der Waals surface area contributed by atoms with Crippen LogP contribution >= 0.6 is 11.5 Å². The number of rotatable bonds is 4. The quantitative estimate of drug-likeness (QED) is 0.919. The molecule has 1 aromatic carbocycles. The first-order valence-electron chi connectivity index (χ1n) is 5.47. The van der Waals surface area contributed by atoms with Gasteiger partial charge in [-0.2, -0.15) is 9.36 Å². The molecule has 0 saturated heterocycles. The monoisotopic (exact) mass is 263 g/mol. The molecule has 94 valence electrons. The van der Waals surface area contributed by atoms with Gasteiger partial charge in [0.1, 0.15) is 11.6 Å². The number of primary amides is 1. The molecule has 0 bridgehead atoms. The van der Waals surface area contributed by atoms with Gasteiger partial charge >= 0.3 is 0 Å². The topological polar surface area (TPSA) is 78.1 Å². The zero-order valence-corrected chi connectivity index (χ0v) is 10.9. The molecule has 0 saturated carbocycles. The smallest absolute Gasteiger partial charge is 0.298 e. The molecular formula is C12H13N3O2S. The van der Waals surface area contributed by atoms with Gasteiger partial charge in [-0.25, -0.2) is 0 Å². The molecule has 0 aliphatic heterocycles. The first-order valence-corrected chi connectivity index (χ1v) is 6.25. The number of benzene rings is 1. The highest BCUT2D eigenvalue weighted by Gasteiger charge is 2.09. The Labute approximate surface area is 109 Å². The number of carbonyl (C=O) groups excluding carboxylic acids is 1. The van der Waals surface area contributed by atoms with Crippen LogP contribution < -0.4 is 10.5 Å². The van der Waals surface area contributed by atoms with Crippen LogP contribution in [0.5, 0.6) is 10.9 Å². The van der Waals surface area contributed by atoms with Gasteiger partial charge in [0.2, 0.25) is 5.91 Å². The van der Waals surface area contributed by atoms with Crippen LogP contribution in [0, 0.1) is 0 Å². The molecule has 0 atom stereocenters. The highest BCUT2D eigenvalue weighted by Crippen LogP contribution is 2.25. The number of nitrogens with zero attached hydrogens (tertiary/aromatic N) is 2. The van der Waals surface area contributed by atoms with Crippen LogP contribution in [0.4, 0.5) is 0 Å². The van der Waals surface area contributed by atoms with Gasteiger partial charge in [-0.05, 0) is 24.3 Å². The van der Waals surface area contributed by atoms with Crippen LogP contribution in [0.2, 0.25) is 0 Å². The molecule has 0 aliphatic carbocycles. The molecule has 0 spiro atoms. The van der Waals surface area contributed by atoms with Crippen molar-refractivity contribution in [2.75, 3.05) is 0 Å². The first-order chi connectivity index (χ1) is 8.56. The second-order valence-electron chi connectivity index (χ2n) is 4.06. The van der Waals surface area contributed by atoms with E-state index in [1.807, 2.05) is 13.8 Å². The van der Waals surface area contributed by atoms with Crippen LogP contribution in [0.3, 0.4) is 0 Å². The molecule has 1 aromatic heterocycles. The number of nitrogens with two attached hydrogens (primary N) is 1. The van der Waals surface area contributed by atoms with Gasteiger partial charge in [-0.3, -0.25) is 4.79 Å². The minimum absolute atomic E-state index is 0.274.